The van der Waals surface area contributed by atoms with Crippen LogP contribution in [0.2, 0.25) is 0 Å². The standard InChI is InChI=1S/C22H23O4P/c1-19-12-14-22(15-13-19)23-18-26-27(24-16-20-8-4-2-5-9-20)25-17-21-10-6-3-7-11-21/h2-15H,16-18H2,1H3. The maximum absolute atomic E-state index is 5.85. The van der Waals surface area contributed by atoms with Crippen LogP contribution in [0.5, 0.6) is 5.75 Å². The van der Waals surface area contributed by atoms with Crippen molar-refractivity contribution in [3.63, 3.8) is 0 Å². The lowest BCUT2D eigenvalue weighted by Crippen LogP contribution is -2.03. The molecule has 0 aliphatic carbocycles. The van der Waals surface area contributed by atoms with Crippen molar-refractivity contribution in [2.45, 2.75) is 20.1 Å². The Morgan fingerprint density at radius 2 is 1.15 bits per heavy atom. The Kier molecular flexibility index (Phi) is 7.82. The first kappa shape index (κ1) is 19.5. The third-order valence-corrected chi connectivity index (χ3v) is 4.76. The normalized spacial score (nSPS) is 10.9. The topological polar surface area (TPSA) is 36.9 Å². The second-order valence-electron chi connectivity index (χ2n) is 5.95. The predicted molar refractivity (Wildman–Crippen MR) is 107 cm³/mol. The zero-order chi connectivity index (χ0) is 18.7. The molecule has 0 amide bonds. The number of hydrogen-bond acceptors (Lipinski definition) is 4. The first-order valence-corrected chi connectivity index (χ1v) is 9.85. The number of hydrogen-bond donors (Lipinski definition) is 0. The molecule has 3 rings (SSSR count). The molecule has 3 aromatic rings. The summed E-state index contributed by atoms with van der Waals surface area (Å²) < 4.78 is 23.0. The van der Waals surface area contributed by atoms with E-state index in [4.69, 9.17) is 18.3 Å². The third-order valence-electron chi connectivity index (χ3n) is 3.76. The van der Waals surface area contributed by atoms with Crippen LogP contribution in [-0.4, -0.2) is 6.79 Å². The molecule has 0 N–H and O–H groups in total. The van der Waals surface area contributed by atoms with E-state index in [0.29, 0.717) is 13.2 Å². The Labute approximate surface area is 161 Å². The van der Waals surface area contributed by atoms with Gasteiger partial charge in [0.1, 0.15) is 5.75 Å². The minimum absolute atomic E-state index is 0.0678. The summed E-state index contributed by atoms with van der Waals surface area (Å²) >= 11 is 0. The molecule has 0 aromatic heterocycles. The average Bonchev–Trinajstić information content (AvgIpc) is 2.72. The van der Waals surface area contributed by atoms with E-state index in [1.165, 1.54) is 5.56 Å². The molecular weight excluding hydrogens is 359 g/mol. The van der Waals surface area contributed by atoms with Gasteiger partial charge in [-0.3, -0.25) is 4.52 Å². The first-order valence-electron chi connectivity index (χ1n) is 8.76. The van der Waals surface area contributed by atoms with Gasteiger partial charge in [0.2, 0.25) is 0 Å². The smallest absolute Gasteiger partial charge is 0.336 e. The zero-order valence-electron chi connectivity index (χ0n) is 15.3. The molecule has 0 fully saturated rings. The molecule has 140 valence electrons. The zero-order valence-corrected chi connectivity index (χ0v) is 16.2. The Morgan fingerprint density at radius 3 is 1.67 bits per heavy atom. The van der Waals surface area contributed by atoms with E-state index in [0.717, 1.165) is 16.9 Å². The van der Waals surface area contributed by atoms with Crippen LogP contribution in [0.1, 0.15) is 16.7 Å². The van der Waals surface area contributed by atoms with Gasteiger partial charge in [0, 0.05) is 0 Å². The molecule has 0 saturated carbocycles. The predicted octanol–water partition coefficient (Wildman–Crippen LogP) is 6.01. The lowest BCUT2D eigenvalue weighted by molar-refractivity contribution is 0.0730. The molecule has 0 spiro atoms. The Morgan fingerprint density at radius 1 is 0.630 bits per heavy atom. The van der Waals surface area contributed by atoms with Gasteiger partial charge in [-0.25, -0.2) is 0 Å². The number of ether oxygens (including phenoxy) is 1. The monoisotopic (exact) mass is 382 g/mol. The molecular formula is C22H23O4P. The van der Waals surface area contributed by atoms with Gasteiger partial charge in [0.15, 0.2) is 6.79 Å². The average molecular weight is 382 g/mol. The van der Waals surface area contributed by atoms with Crippen molar-refractivity contribution in [1.29, 1.82) is 0 Å². The molecule has 5 heteroatoms. The van der Waals surface area contributed by atoms with E-state index in [-0.39, 0.29) is 6.79 Å². The number of aryl methyl sites for hydroxylation is 1. The van der Waals surface area contributed by atoms with Crippen LogP contribution in [0.4, 0.5) is 0 Å². The van der Waals surface area contributed by atoms with E-state index < -0.39 is 8.60 Å². The quantitative estimate of drug-likeness (QED) is 0.318. The molecule has 0 unspecified atom stereocenters. The Hall–Kier alpha value is -2.23. The summed E-state index contributed by atoms with van der Waals surface area (Å²) in [4.78, 5) is 0. The molecule has 0 radical (unpaired) electrons. The fourth-order valence-electron chi connectivity index (χ4n) is 2.29. The summed E-state index contributed by atoms with van der Waals surface area (Å²) in [5, 5.41) is 0. The van der Waals surface area contributed by atoms with Crippen LogP contribution < -0.4 is 4.74 Å². The summed E-state index contributed by atoms with van der Waals surface area (Å²) in [7, 11) is -1.54. The third kappa shape index (κ3) is 7.12. The van der Waals surface area contributed by atoms with Crippen molar-refractivity contribution >= 4 is 8.60 Å². The summed E-state index contributed by atoms with van der Waals surface area (Å²) in [6, 6.07) is 27.7. The van der Waals surface area contributed by atoms with E-state index >= 15 is 0 Å². The minimum atomic E-state index is -1.54. The first-order chi connectivity index (χ1) is 13.3. The van der Waals surface area contributed by atoms with Gasteiger partial charge in [0.05, 0.1) is 13.2 Å². The van der Waals surface area contributed by atoms with Crippen LogP contribution in [-0.2, 0) is 26.8 Å². The molecule has 0 saturated heterocycles. The van der Waals surface area contributed by atoms with Gasteiger partial charge < -0.3 is 13.8 Å². The fraction of sp³-hybridized carbons (Fsp3) is 0.182. The minimum Gasteiger partial charge on any atom is -0.467 e. The highest BCUT2D eigenvalue weighted by molar-refractivity contribution is 7.41. The van der Waals surface area contributed by atoms with Gasteiger partial charge in [-0.1, -0.05) is 78.4 Å². The van der Waals surface area contributed by atoms with Gasteiger partial charge in [-0.05, 0) is 30.2 Å². The molecule has 0 aliphatic rings. The van der Waals surface area contributed by atoms with E-state index in [2.05, 4.69) is 0 Å². The number of rotatable bonds is 10. The second kappa shape index (κ2) is 10.8. The van der Waals surface area contributed by atoms with Crippen LogP contribution in [0.15, 0.2) is 84.9 Å². The SMILES string of the molecule is Cc1ccc(OCOP(OCc2ccccc2)OCc2ccccc2)cc1. The van der Waals surface area contributed by atoms with Gasteiger partial charge >= 0.3 is 8.60 Å². The summed E-state index contributed by atoms with van der Waals surface area (Å²) in [6.45, 7) is 2.95. The molecule has 0 heterocycles. The Balaban J connectivity index is 1.51. The van der Waals surface area contributed by atoms with Crippen LogP contribution in [0.3, 0.4) is 0 Å². The van der Waals surface area contributed by atoms with Gasteiger partial charge in [-0.15, -0.1) is 0 Å². The van der Waals surface area contributed by atoms with E-state index in [9.17, 15) is 0 Å². The molecule has 0 atom stereocenters. The van der Waals surface area contributed by atoms with Crippen molar-refractivity contribution < 1.29 is 18.3 Å². The van der Waals surface area contributed by atoms with Crippen molar-refractivity contribution in [2.24, 2.45) is 0 Å². The fourth-order valence-corrected chi connectivity index (χ4v) is 3.16. The van der Waals surface area contributed by atoms with Gasteiger partial charge in [-0.2, -0.15) is 0 Å². The molecule has 0 bridgehead atoms. The second-order valence-corrected chi connectivity index (χ2v) is 7.17. The lowest BCUT2D eigenvalue weighted by atomic mass is 10.2. The highest BCUT2D eigenvalue weighted by Gasteiger charge is 2.14. The van der Waals surface area contributed by atoms with Crippen LogP contribution in [0, 0.1) is 6.92 Å². The maximum Gasteiger partial charge on any atom is 0.336 e. The van der Waals surface area contributed by atoms with E-state index in [1.807, 2.05) is 91.9 Å². The number of benzene rings is 3. The molecule has 27 heavy (non-hydrogen) atoms. The lowest BCUT2D eigenvalue weighted by Gasteiger charge is -2.17. The van der Waals surface area contributed by atoms with Gasteiger partial charge in [0.25, 0.3) is 0 Å². The summed E-state index contributed by atoms with van der Waals surface area (Å²) in [6.07, 6.45) is 0. The van der Waals surface area contributed by atoms with Crippen molar-refractivity contribution in [3.8, 4) is 5.75 Å². The van der Waals surface area contributed by atoms with Crippen molar-refractivity contribution in [2.75, 3.05) is 6.79 Å². The summed E-state index contributed by atoms with van der Waals surface area (Å²) in [5.41, 5.74) is 3.32. The van der Waals surface area contributed by atoms with Crippen molar-refractivity contribution in [1.82, 2.24) is 0 Å². The maximum atomic E-state index is 5.85. The molecule has 4 nitrogen and oxygen atoms in total. The molecule has 3 aromatic carbocycles. The highest BCUT2D eigenvalue weighted by atomic mass is 31.2. The summed E-state index contributed by atoms with van der Waals surface area (Å²) in [5.74, 6) is 0.752. The van der Waals surface area contributed by atoms with Crippen LogP contribution in [0.25, 0.3) is 0 Å². The Bertz CT molecular complexity index is 735. The largest absolute Gasteiger partial charge is 0.467 e. The van der Waals surface area contributed by atoms with E-state index in [1.54, 1.807) is 0 Å². The van der Waals surface area contributed by atoms with Crippen molar-refractivity contribution in [3.05, 3.63) is 102 Å². The highest BCUT2D eigenvalue weighted by Crippen LogP contribution is 2.41. The van der Waals surface area contributed by atoms with Crippen LogP contribution >= 0.6 is 8.60 Å². The molecule has 0 aliphatic heterocycles.